The van der Waals surface area contributed by atoms with Crippen molar-refractivity contribution in [2.45, 2.75) is 0 Å². The fraction of sp³-hybridized carbons (Fsp3) is 0.429. The number of urea groups is 1. The van der Waals surface area contributed by atoms with Crippen LogP contribution in [0.1, 0.15) is 0 Å². The highest BCUT2D eigenvalue weighted by Gasteiger charge is 2.24. The van der Waals surface area contributed by atoms with E-state index in [1.807, 2.05) is 24.3 Å². The number of carboxylic acids is 1. The first kappa shape index (κ1) is 15.4. The molecule has 0 bridgehead atoms. The highest BCUT2D eigenvalue weighted by atomic mass is 35.5. The van der Waals surface area contributed by atoms with Crippen LogP contribution < -0.4 is 4.90 Å². The van der Waals surface area contributed by atoms with E-state index in [9.17, 15) is 9.59 Å². The summed E-state index contributed by atoms with van der Waals surface area (Å²) in [4.78, 5) is 27.8. The van der Waals surface area contributed by atoms with Gasteiger partial charge in [-0.2, -0.15) is 0 Å². The van der Waals surface area contributed by atoms with Gasteiger partial charge in [0.25, 0.3) is 0 Å². The largest absolute Gasteiger partial charge is 0.480 e. The van der Waals surface area contributed by atoms with Crippen molar-refractivity contribution in [2.75, 3.05) is 44.7 Å². The van der Waals surface area contributed by atoms with Gasteiger partial charge >= 0.3 is 12.0 Å². The summed E-state index contributed by atoms with van der Waals surface area (Å²) in [5, 5.41) is 9.41. The first-order valence-electron chi connectivity index (χ1n) is 6.69. The van der Waals surface area contributed by atoms with Gasteiger partial charge < -0.3 is 19.8 Å². The van der Waals surface area contributed by atoms with E-state index < -0.39 is 5.97 Å². The molecule has 114 valence electrons. The summed E-state index contributed by atoms with van der Waals surface area (Å²) in [5.74, 6) is -1.01. The van der Waals surface area contributed by atoms with Crippen LogP contribution in [0.3, 0.4) is 0 Å². The molecule has 1 aromatic rings. The Morgan fingerprint density at radius 1 is 1.19 bits per heavy atom. The lowest BCUT2D eigenvalue weighted by molar-refractivity contribution is -0.137. The van der Waals surface area contributed by atoms with Crippen LogP contribution in [0.15, 0.2) is 24.3 Å². The lowest BCUT2D eigenvalue weighted by atomic mass is 10.2. The topological polar surface area (TPSA) is 64.1 Å². The molecule has 1 aliphatic heterocycles. The van der Waals surface area contributed by atoms with Crippen molar-refractivity contribution in [3.8, 4) is 0 Å². The average Bonchev–Trinajstić information content (AvgIpc) is 2.47. The van der Waals surface area contributed by atoms with Gasteiger partial charge in [0.1, 0.15) is 6.54 Å². The number of anilines is 1. The molecule has 0 radical (unpaired) electrons. The van der Waals surface area contributed by atoms with E-state index in [1.54, 1.807) is 4.90 Å². The Morgan fingerprint density at radius 3 is 2.29 bits per heavy atom. The second-order valence-electron chi connectivity index (χ2n) is 4.98. The van der Waals surface area contributed by atoms with Crippen molar-refractivity contribution >= 4 is 29.3 Å². The van der Waals surface area contributed by atoms with Crippen LogP contribution in [-0.2, 0) is 4.79 Å². The Morgan fingerprint density at radius 2 is 1.76 bits per heavy atom. The van der Waals surface area contributed by atoms with Crippen LogP contribution in [0.4, 0.5) is 10.5 Å². The number of likely N-dealkylation sites (N-methyl/N-ethyl adjacent to an activating group) is 1. The molecule has 0 atom stereocenters. The van der Waals surface area contributed by atoms with Gasteiger partial charge in [-0.3, -0.25) is 4.79 Å². The summed E-state index contributed by atoms with van der Waals surface area (Å²) >= 11 is 5.87. The van der Waals surface area contributed by atoms with Gasteiger partial charge in [-0.05, 0) is 24.3 Å². The minimum atomic E-state index is -1.01. The number of hydrogen-bond acceptors (Lipinski definition) is 3. The third kappa shape index (κ3) is 4.01. The van der Waals surface area contributed by atoms with Gasteiger partial charge in [0.15, 0.2) is 0 Å². The number of aliphatic carboxylic acids is 1. The molecule has 2 amide bonds. The van der Waals surface area contributed by atoms with Gasteiger partial charge in [-0.15, -0.1) is 0 Å². The number of nitrogens with zero attached hydrogens (tertiary/aromatic N) is 3. The van der Waals surface area contributed by atoms with Gasteiger partial charge in [-0.1, -0.05) is 11.6 Å². The zero-order chi connectivity index (χ0) is 15.4. The normalized spacial score (nSPS) is 15.0. The number of carbonyl (C=O) groups is 2. The molecule has 2 rings (SSSR count). The second-order valence-corrected chi connectivity index (χ2v) is 5.42. The molecule has 1 aromatic carbocycles. The van der Waals surface area contributed by atoms with Crippen LogP contribution >= 0.6 is 11.6 Å². The standard InChI is InChI=1S/C14H18ClN3O3/c1-16(10-13(19)20)14(21)18-8-6-17(7-9-18)12-4-2-11(15)3-5-12/h2-5H,6-10H2,1H3,(H,19,20). The molecule has 1 saturated heterocycles. The predicted molar refractivity (Wildman–Crippen MR) is 80.9 cm³/mol. The third-order valence-electron chi connectivity index (χ3n) is 3.44. The zero-order valence-corrected chi connectivity index (χ0v) is 12.6. The highest BCUT2D eigenvalue weighted by Crippen LogP contribution is 2.19. The summed E-state index contributed by atoms with van der Waals surface area (Å²) in [6.07, 6.45) is 0. The molecule has 7 heteroatoms. The molecule has 1 fully saturated rings. The van der Waals surface area contributed by atoms with E-state index in [4.69, 9.17) is 16.7 Å². The van der Waals surface area contributed by atoms with Crippen molar-refractivity contribution in [1.82, 2.24) is 9.80 Å². The Balaban J connectivity index is 1.89. The van der Waals surface area contributed by atoms with Gasteiger partial charge in [0.05, 0.1) is 0 Å². The predicted octanol–water partition coefficient (Wildman–Crippen LogP) is 1.60. The maximum absolute atomic E-state index is 12.1. The molecule has 0 aliphatic carbocycles. The molecule has 0 spiro atoms. The van der Waals surface area contributed by atoms with E-state index in [0.29, 0.717) is 31.2 Å². The summed E-state index contributed by atoms with van der Waals surface area (Å²) in [5.41, 5.74) is 1.07. The Bertz CT molecular complexity index is 513. The van der Waals surface area contributed by atoms with Crippen molar-refractivity contribution in [2.24, 2.45) is 0 Å². The average molecular weight is 312 g/mol. The summed E-state index contributed by atoms with van der Waals surface area (Å²) in [7, 11) is 1.50. The maximum Gasteiger partial charge on any atom is 0.323 e. The van der Waals surface area contributed by atoms with Crippen LogP contribution in [0, 0.1) is 0 Å². The van der Waals surface area contributed by atoms with Crippen LogP contribution in [0.5, 0.6) is 0 Å². The van der Waals surface area contributed by atoms with Crippen molar-refractivity contribution in [3.63, 3.8) is 0 Å². The molecular formula is C14H18ClN3O3. The molecular weight excluding hydrogens is 294 g/mol. The second kappa shape index (κ2) is 6.67. The number of hydrogen-bond donors (Lipinski definition) is 1. The van der Waals surface area contributed by atoms with Crippen molar-refractivity contribution in [3.05, 3.63) is 29.3 Å². The first-order valence-corrected chi connectivity index (χ1v) is 7.07. The van der Waals surface area contributed by atoms with Gasteiger partial charge in [0, 0.05) is 43.9 Å². The fourth-order valence-corrected chi connectivity index (χ4v) is 2.45. The maximum atomic E-state index is 12.1. The van der Waals surface area contributed by atoms with E-state index in [-0.39, 0.29) is 12.6 Å². The number of benzene rings is 1. The number of rotatable bonds is 3. The van der Waals surface area contributed by atoms with Crippen LogP contribution in [0.2, 0.25) is 5.02 Å². The Kier molecular flexibility index (Phi) is 4.90. The zero-order valence-electron chi connectivity index (χ0n) is 11.8. The van der Waals surface area contributed by atoms with Crippen LogP contribution in [0.25, 0.3) is 0 Å². The SMILES string of the molecule is CN(CC(=O)O)C(=O)N1CCN(c2ccc(Cl)cc2)CC1. The quantitative estimate of drug-likeness (QED) is 0.921. The molecule has 6 nitrogen and oxygen atoms in total. The number of piperazine rings is 1. The first-order chi connectivity index (χ1) is 9.97. The summed E-state index contributed by atoms with van der Waals surface area (Å²) < 4.78 is 0. The molecule has 1 heterocycles. The van der Waals surface area contributed by atoms with Crippen LogP contribution in [-0.4, -0.2) is 66.7 Å². The van der Waals surface area contributed by atoms with E-state index in [0.717, 1.165) is 5.69 Å². The smallest absolute Gasteiger partial charge is 0.323 e. The Hall–Kier alpha value is -1.95. The summed E-state index contributed by atoms with van der Waals surface area (Å²) in [6.45, 7) is 2.30. The molecule has 0 unspecified atom stereocenters. The summed E-state index contributed by atoms with van der Waals surface area (Å²) in [6, 6.07) is 7.35. The molecule has 21 heavy (non-hydrogen) atoms. The monoisotopic (exact) mass is 311 g/mol. The minimum absolute atomic E-state index is 0.242. The van der Waals surface area contributed by atoms with E-state index in [2.05, 4.69) is 4.90 Å². The minimum Gasteiger partial charge on any atom is -0.480 e. The number of amides is 2. The number of carboxylic acid groups (broad SMARTS) is 1. The molecule has 0 saturated carbocycles. The van der Waals surface area contributed by atoms with Crippen molar-refractivity contribution in [1.29, 1.82) is 0 Å². The van der Waals surface area contributed by atoms with E-state index in [1.165, 1.54) is 11.9 Å². The molecule has 0 aromatic heterocycles. The van der Waals surface area contributed by atoms with E-state index >= 15 is 0 Å². The highest BCUT2D eigenvalue weighted by molar-refractivity contribution is 6.30. The third-order valence-corrected chi connectivity index (χ3v) is 3.69. The molecule has 1 N–H and O–H groups in total. The Labute approximate surface area is 128 Å². The fourth-order valence-electron chi connectivity index (χ4n) is 2.32. The number of carbonyl (C=O) groups excluding carboxylic acids is 1. The van der Waals surface area contributed by atoms with Crippen molar-refractivity contribution < 1.29 is 14.7 Å². The lowest BCUT2D eigenvalue weighted by Crippen LogP contribution is -2.52. The number of halogens is 1. The lowest BCUT2D eigenvalue weighted by Gasteiger charge is -2.37. The molecule has 1 aliphatic rings. The van der Waals surface area contributed by atoms with Gasteiger partial charge in [0.2, 0.25) is 0 Å². The van der Waals surface area contributed by atoms with Gasteiger partial charge in [-0.25, -0.2) is 4.79 Å².